The maximum absolute atomic E-state index is 12.4. The molecule has 0 saturated carbocycles. The average Bonchev–Trinajstić information content (AvgIpc) is 3.25. The van der Waals surface area contributed by atoms with Gasteiger partial charge in [-0.2, -0.15) is 5.10 Å². The molecule has 1 aliphatic heterocycles. The molecule has 6 nitrogen and oxygen atoms in total. The molecule has 2 aromatic heterocycles. The predicted molar refractivity (Wildman–Crippen MR) is 136 cm³/mol. The van der Waals surface area contributed by atoms with Crippen LogP contribution in [0.15, 0.2) is 48.8 Å². The van der Waals surface area contributed by atoms with Crippen LogP contribution in [0.3, 0.4) is 0 Å². The summed E-state index contributed by atoms with van der Waals surface area (Å²) in [5.74, 6) is 0.439. The van der Waals surface area contributed by atoms with E-state index in [2.05, 4.69) is 86.0 Å². The SMILES string of the molecule is COC(C)(C)Cc1cc(-c2cncc([C@@](O)(c3ccc(C(C)C)cc3)C3(C)CN(C)C3)c2)n[nH]1. The molecule has 0 amide bonds. The van der Waals surface area contributed by atoms with Crippen LogP contribution < -0.4 is 0 Å². The van der Waals surface area contributed by atoms with Gasteiger partial charge in [0.25, 0.3) is 0 Å². The van der Waals surface area contributed by atoms with E-state index < -0.39 is 5.60 Å². The Hall–Kier alpha value is -2.54. The first-order valence-electron chi connectivity index (χ1n) is 12.0. The Morgan fingerprint density at radius 3 is 2.38 bits per heavy atom. The van der Waals surface area contributed by atoms with Gasteiger partial charge in [-0.3, -0.25) is 10.1 Å². The third-order valence-corrected chi connectivity index (χ3v) is 7.36. The Kier molecular flexibility index (Phi) is 6.44. The van der Waals surface area contributed by atoms with E-state index in [1.54, 1.807) is 13.3 Å². The Morgan fingerprint density at radius 2 is 1.79 bits per heavy atom. The van der Waals surface area contributed by atoms with Gasteiger partial charge in [0.05, 0.1) is 11.3 Å². The van der Waals surface area contributed by atoms with Gasteiger partial charge in [0.1, 0.15) is 5.60 Å². The number of benzene rings is 1. The second kappa shape index (κ2) is 8.91. The summed E-state index contributed by atoms with van der Waals surface area (Å²) in [6, 6.07) is 12.5. The number of likely N-dealkylation sites (tertiary alicyclic amines) is 1. The largest absolute Gasteiger partial charge is 0.380 e. The molecule has 182 valence electrons. The fourth-order valence-electron chi connectivity index (χ4n) is 5.26. The minimum absolute atomic E-state index is 0.281. The summed E-state index contributed by atoms with van der Waals surface area (Å²) in [5, 5.41) is 20.1. The van der Waals surface area contributed by atoms with Crippen LogP contribution in [0.4, 0.5) is 0 Å². The monoisotopic (exact) mass is 462 g/mol. The normalized spacial score (nSPS) is 18.0. The highest BCUT2D eigenvalue weighted by Crippen LogP contribution is 2.50. The number of aromatic nitrogens is 3. The number of aliphatic hydroxyl groups is 1. The summed E-state index contributed by atoms with van der Waals surface area (Å²) in [7, 11) is 3.81. The number of ether oxygens (including phenoxy) is 1. The molecule has 34 heavy (non-hydrogen) atoms. The maximum Gasteiger partial charge on any atom is 0.124 e. The molecule has 1 fully saturated rings. The van der Waals surface area contributed by atoms with Gasteiger partial charge in [-0.1, -0.05) is 45.0 Å². The lowest BCUT2D eigenvalue weighted by Crippen LogP contribution is -2.63. The molecule has 1 saturated heterocycles. The van der Waals surface area contributed by atoms with E-state index >= 15 is 0 Å². The minimum atomic E-state index is -1.17. The second-order valence-electron chi connectivity index (χ2n) is 11.1. The van der Waals surface area contributed by atoms with Crippen molar-refractivity contribution in [2.24, 2.45) is 5.41 Å². The van der Waals surface area contributed by atoms with Crippen molar-refractivity contribution in [3.63, 3.8) is 0 Å². The lowest BCUT2D eigenvalue weighted by Gasteiger charge is -2.55. The highest BCUT2D eigenvalue weighted by molar-refractivity contribution is 5.60. The zero-order chi connectivity index (χ0) is 24.7. The zero-order valence-corrected chi connectivity index (χ0v) is 21.5. The number of methoxy groups -OCH3 is 1. The number of H-pyrrole nitrogens is 1. The fraction of sp³-hybridized carbons (Fsp3) is 0.500. The van der Waals surface area contributed by atoms with Crippen LogP contribution >= 0.6 is 0 Å². The third kappa shape index (κ3) is 4.42. The standard InChI is InChI=1S/C28H38N4O2/c1-19(2)20-8-10-22(11-9-20)28(33,27(5)17-32(6)18-27)23-12-21(15-29-16-23)25-13-24(30-31-25)14-26(3,4)34-7/h8-13,15-16,19,33H,14,17-18H2,1-7H3,(H,30,31)/t28-/m0/s1. The lowest BCUT2D eigenvalue weighted by atomic mass is 9.62. The number of nitrogens with zero attached hydrogens (tertiary/aromatic N) is 3. The Morgan fingerprint density at radius 1 is 1.12 bits per heavy atom. The van der Waals surface area contributed by atoms with Crippen molar-refractivity contribution >= 4 is 0 Å². The van der Waals surface area contributed by atoms with Gasteiger partial charge < -0.3 is 14.7 Å². The molecule has 0 unspecified atom stereocenters. The van der Waals surface area contributed by atoms with E-state index in [1.165, 1.54) is 5.56 Å². The summed E-state index contributed by atoms with van der Waals surface area (Å²) in [5.41, 5.74) is 3.85. The van der Waals surface area contributed by atoms with Crippen molar-refractivity contribution < 1.29 is 9.84 Å². The van der Waals surface area contributed by atoms with Gasteiger partial charge in [0, 0.05) is 61.2 Å². The molecule has 0 radical (unpaired) electrons. The van der Waals surface area contributed by atoms with Gasteiger partial charge in [-0.05, 0) is 50.1 Å². The van der Waals surface area contributed by atoms with Gasteiger partial charge in [-0.15, -0.1) is 0 Å². The minimum Gasteiger partial charge on any atom is -0.380 e. The first-order chi connectivity index (χ1) is 16.0. The van der Waals surface area contributed by atoms with Crippen LogP contribution in [0.1, 0.15) is 62.9 Å². The molecule has 0 aliphatic carbocycles. The Labute approximate surface area is 203 Å². The molecule has 1 atom stereocenters. The fourth-order valence-corrected chi connectivity index (χ4v) is 5.26. The van der Waals surface area contributed by atoms with E-state index in [9.17, 15) is 5.11 Å². The van der Waals surface area contributed by atoms with E-state index in [1.807, 2.05) is 18.3 Å². The number of rotatable bonds is 8. The van der Waals surface area contributed by atoms with Gasteiger partial charge >= 0.3 is 0 Å². The smallest absolute Gasteiger partial charge is 0.124 e. The van der Waals surface area contributed by atoms with E-state index in [-0.39, 0.29) is 11.0 Å². The van der Waals surface area contributed by atoms with Crippen molar-refractivity contribution in [3.8, 4) is 11.3 Å². The lowest BCUT2D eigenvalue weighted by molar-refractivity contribution is -0.127. The maximum atomic E-state index is 12.4. The Balaban J connectivity index is 1.74. The van der Waals surface area contributed by atoms with Crippen LogP contribution in [0, 0.1) is 5.41 Å². The van der Waals surface area contributed by atoms with Gasteiger partial charge in [0.2, 0.25) is 0 Å². The van der Waals surface area contributed by atoms with E-state index in [0.717, 1.165) is 47.6 Å². The molecule has 4 rings (SSSR count). The summed E-state index contributed by atoms with van der Waals surface area (Å²) >= 11 is 0. The summed E-state index contributed by atoms with van der Waals surface area (Å²) in [6.07, 6.45) is 4.33. The van der Waals surface area contributed by atoms with Crippen LogP contribution in [0.5, 0.6) is 0 Å². The quantitative estimate of drug-likeness (QED) is 0.505. The van der Waals surface area contributed by atoms with Crippen molar-refractivity contribution in [1.29, 1.82) is 0 Å². The van der Waals surface area contributed by atoms with Gasteiger partial charge in [-0.25, -0.2) is 0 Å². The topological polar surface area (TPSA) is 74.3 Å². The van der Waals surface area contributed by atoms with Crippen LogP contribution in [-0.2, 0) is 16.8 Å². The molecular weight excluding hydrogens is 424 g/mol. The molecule has 2 N–H and O–H groups in total. The molecule has 3 heterocycles. The molecule has 1 aliphatic rings. The second-order valence-corrected chi connectivity index (χ2v) is 11.1. The highest BCUT2D eigenvalue weighted by atomic mass is 16.5. The zero-order valence-electron chi connectivity index (χ0n) is 21.5. The Bertz CT molecular complexity index is 1130. The van der Waals surface area contributed by atoms with Crippen LogP contribution in [0.25, 0.3) is 11.3 Å². The first kappa shape index (κ1) is 24.6. The third-order valence-electron chi connectivity index (χ3n) is 7.36. The van der Waals surface area contributed by atoms with Crippen molar-refractivity contribution in [1.82, 2.24) is 20.1 Å². The number of hydrogen-bond donors (Lipinski definition) is 2. The molecule has 3 aromatic rings. The summed E-state index contributed by atoms with van der Waals surface area (Å²) < 4.78 is 5.56. The predicted octanol–water partition coefficient (Wildman–Crippen LogP) is 4.75. The first-order valence-corrected chi connectivity index (χ1v) is 12.0. The molecular formula is C28H38N4O2. The molecule has 0 bridgehead atoms. The van der Waals surface area contributed by atoms with E-state index in [0.29, 0.717) is 5.92 Å². The van der Waals surface area contributed by atoms with Crippen molar-refractivity contribution in [2.75, 3.05) is 27.2 Å². The van der Waals surface area contributed by atoms with Crippen LogP contribution in [0.2, 0.25) is 0 Å². The van der Waals surface area contributed by atoms with E-state index in [4.69, 9.17) is 4.74 Å². The number of hydrogen-bond acceptors (Lipinski definition) is 5. The van der Waals surface area contributed by atoms with Crippen LogP contribution in [-0.4, -0.2) is 58.0 Å². The highest BCUT2D eigenvalue weighted by Gasteiger charge is 2.55. The van der Waals surface area contributed by atoms with Crippen molar-refractivity contribution in [2.45, 2.75) is 58.2 Å². The van der Waals surface area contributed by atoms with Crippen molar-refractivity contribution in [3.05, 3.63) is 71.2 Å². The molecule has 1 aromatic carbocycles. The average molecular weight is 463 g/mol. The number of nitrogens with one attached hydrogen (secondary N) is 1. The van der Waals surface area contributed by atoms with Gasteiger partial charge in [0.15, 0.2) is 0 Å². The molecule has 6 heteroatoms. The molecule has 0 spiro atoms. The summed E-state index contributed by atoms with van der Waals surface area (Å²) in [6.45, 7) is 12.2. The number of pyridine rings is 1. The number of aromatic amines is 1. The summed E-state index contributed by atoms with van der Waals surface area (Å²) in [4.78, 5) is 6.78.